The zero-order valence-corrected chi connectivity index (χ0v) is 16.3. The van der Waals surface area contributed by atoms with Crippen molar-refractivity contribution in [3.63, 3.8) is 0 Å². The summed E-state index contributed by atoms with van der Waals surface area (Å²) in [6.07, 6.45) is 6.08. The van der Waals surface area contributed by atoms with Crippen molar-refractivity contribution in [1.29, 1.82) is 0 Å². The lowest BCUT2D eigenvalue weighted by atomic mass is 9.96. The number of ether oxygens (including phenoxy) is 1. The number of nitro benzene ring substituents is 1. The molecule has 1 heterocycles. The number of carbonyl (C=O) groups is 1. The maximum absolute atomic E-state index is 11.9. The lowest BCUT2D eigenvalue weighted by Gasteiger charge is -2.21. The van der Waals surface area contributed by atoms with Gasteiger partial charge in [-0.2, -0.15) is 0 Å². The van der Waals surface area contributed by atoms with Crippen LogP contribution < -0.4 is 5.32 Å². The van der Waals surface area contributed by atoms with Crippen LogP contribution in [0.1, 0.15) is 37.7 Å². The number of nitro groups is 1. The summed E-state index contributed by atoms with van der Waals surface area (Å²) < 4.78 is 5.84. The third kappa shape index (κ3) is 5.90. The molecule has 0 bridgehead atoms. The number of rotatable bonds is 8. The Morgan fingerprint density at radius 1 is 1.30 bits per heavy atom. The second-order valence-corrected chi connectivity index (χ2v) is 8.39. The average molecular weight is 409 g/mol. The fourth-order valence-electron chi connectivity index (χ4n) is 2.88. The number of thioether (sulfide) groups is 1. The van der Waals surface area contributed by atoms with Gasteiger partial charge in [0.2, 0.25) is 5.13 Å². The third-order valence-corrected chi connectivity index (χ3v) is 6.19. The number of para-hydroxylation sites is 1. The molecule has 1 fully saturated rings. The number of nitrogens with one attached hydrogen (secondary N) is 1. The summed E-state index contributed by atoms with van der Waals surface area (Å²) in [6, 6.07) is 6.67. The molecule has 0 spiro atoms. The molecule has 0 amide bonds. The van der Waals surface area contributed by atoms with E-state index in [0.29, 0.717) is 15.9 Å². The van der Waals surface area contributed by atoms with Gasteiger partial charge in [0.05, 0.1) is 16.2 Å². The van der Waals surface area contributed by atoms with E-state index in [1.54, 1.807) is 18.2 Å². The molecular weight excluding hydrogens is 388 g/mol. The van der Waals surface area contributed by atoms with Crippen LogP contribution in [-0.2, 0) is 16.1 Å². The van der Waals surface area contributed by atoms with E-state index in [1.165, 1.54) is 48.4 Å². The number of esters is 1. The molecule has 2 aromatic rings. The minimum absolute atomic E-state index is 0.0551. The number of hydrogen-bond donors (Lipinski definition) is 1. The van der Waals surface area contributed by atoms with Gasteiger partial charge in [0, 0.05) is 12.1 Å². The molecule has 1 aromatic carbocycles. The predicted octanol–water partition coefficient (Wildman–Crippen LogP) is 4.03. The fourth-order valence-corrected chi connectivity index (χ4v) is 4.51. The number of benzene rings is 1. The molecule has 0 unspecified atom stereocenters. The Kier molecular flexibility index (Phi) is 6.99. The Balaban J connectivity index is 1.43. The molecule has 0 saturated heterocycles. The summed E-state index contributed by atoms with van der Waals surface area (Å²) >= 11 is 2.68. The molecule has 8 nitrogen and oxygen atoms in total. The van der Waals surface area contributed by atoms with E-state index in [9.17, 15) is 14.9 Å². The van der Waals surface area contributed by atoms with E-state index in [0.717, 1.165) is 18.0 Å². The minimum atomic E-state index is -0.486. The van der Waals surface area contributed by atoms with Crippen molar-refractivity contribution >= 4 is 39.9 Å². The summed E-state index contributed by atoms with van der Waals surface area (Å²) in [6.45, 7) is -0.124. The van der Waals surface area contributed by atoms with E-state index in [1.807, 2.05) is 0 Å². The first-order chi connectivity index (χ1) is 13.1. The van der Waals surface area contributed by atoms with Crippen LogP contribution in [0, 0.1) is 10.1 Å². The predicted molar refractivity (Wildman–Crippen MR) is 104 cm³/mol. The number of carbonyl (C=O) groups excluding carboxylic acids is 1. The van der Waals surface area contributed by atoms with Gasteiger partial charge in [-0.1, -0.05) is 54.5 Å². The van der Waals surface area contributed by atoms with Gasteiger partial charge in [0.1, 0.15) is 6.61 Å². The van der Waals surface area contributed by atoms with Crippen LogP contribution >= 0.6 is 23.1 Å². The highest BCUT2D eigenvalue weighted by Gasteiger charge is 2.17. The molecule has 144 valence electrons. The molecule has 10 heteroatoms. The van der Waals surface area contributed by atoms with Crippen molar-refractivity contribution in [2.24, 2.45) is 0 Å². The summed E-state index contributed by atoms with van der Waals surface area (Å²) in [5.41, 5.74) is 0.316. The van der Waals surface area contributed by atoms with Crippen LogP contribution in [0.5, 0.6) is 0 Å². The summed E-state index contributed by atoms with van der Waals surface area (Å²) in [4.78, 5) is 22.4. The third-order valence-electron chi connectivity index (χ3n) is 4.23. The molecule has 1 N–H and O–H groups in total. The van der Waals surface area contributed by atoms with Crippen molar-refractivity contribution in [2.75, 3.05) is 11.1 Å². The molecule has 0 atom stereocenters. The molecule has 0 radical (unpaired) electrons. The molecule has 0 aliphatic heterocycles. The van der Waals surface area contributed by atoms with Crippen LogP contribution in [-0.4, -0.2) is 32.9 Å². The largest absolute Gasteiger partial charge is 0.460 e. The number of nitrogens with zero attached hydrogens (tertiary/aromatic N) is 3. The van der Waals surface area contributed by atoms with E-state index in [2.05, 4.69) is 15.5 Å². The SMILES string of the molecule is O=C(CSc1nnc(NC2CCCCC2)s1)OCc1ccccc1[N+](=O)[O-]. The molecule has 1 aliphatic carbocycles. The smallest absolute Gasteiger partial charge is 0.316 e. The van der Waals surface area contributed by atoms with Crippen molar-refractivity contribution in [3.05, 3.63) is 39.9 Å². The van der Waals surface area contributed by atoms with Gasteiger partial charge in [-0.05, 0) is 18.9 Å². The lowest BCUT2D eigenvalue weighted by Crippen LogP contribution is -2.21. The highest BCUT2D eigenvalue weighted by molar-refractivity contribution is 8.01. The molecule has 27 heavy (non-hydrogen) atoms. The Labute approximate surface area is 164 Å². The Hall–Kier alpha value is -2.20. The summed E-state index contributed by atoms with van der Waals surface area (Å²) in [7, 11) is 0. The second kappa shape index (κ2) is 9.65. The zero-order chi connectivity index (χ0) is 19.1. The molecule has 3 rings (SSSR count). The highest BCUT2D eigenvalue weighted by Crippen LogP contribution is 2.28. The average Bonchev–Trinajstić information content (AvgIpc) is 3.13. The molecule has 1 aliphatic rings. The standard InChI is InChI=1S/C17H20N4O4S2/c22-15(25-10-12-6-4-5-9-14(12)21(23)24)11-26-17-20-19-16(27-17)18-13-7-2-1-3-8-13/h4-6,9,13H,1-3,7-8,10-11H2,(H,18,19). The van der Waals surface area contributed by atoms with Crippen LogP contribution in [0.15, 0.2) is 28.6 Å². The first kappa shape index (κ1) is 19.6. The van der Waals surface area contributed by atoms with E-state index >= 15 is 0 Å². The van der Waals surface area contributed by atoms with Gasteiger partial charge < -0.3 is 10.1 Å². The van der Waals surface area contributed by atoms with Crippen molar-refractivity contribution < 1.29 is 14.5 Å². The maximum atomic E-state index is 11.9. The molecular formula is C17H20N4O4S2. The van der Waals surface area contributed by atoms with Crippen LogP contribution in [0.25, 0.3) is 0 Å². The number of hydrogen-bond acceptors (Lipinski definition) is 9. The second-order valence-electron chi connectivity index (χ2n) is 6.19. The van der Waals surface area contributed by atoms with Gasteiger partial charge in [-0.15, -0.1) is 10.2 Å². The minimum Gasteiger partial charge on any atom is -0.460 e. The quantitative estimate of drug-likeness (QED) is 0.302. The summed E-state index contributed by atoms with van der Waals surface area (Å²) in [5, 5.41) is 23.3. The fraction of sp³-hybridized carbons (Fsp3) is 0.471. The van der Waals surface area contributed by atoms with Gasteiger partial charge >= 0.3 is 5.97 Å². The monoisotopic (exact) mass is 408 g/mol. The first-order valence-electron chi connectivity index (χ1n) is 8.72. The summed E-state index contributed by atoms with van der Waals surface area (Å²) in [5.74, 6) is -0.367. The van der Waals surface area contributed by atoms with E-state index in [4.69, 9.17) is 4.74 Å². The molecule has 1 aromatic heterocycles. The van der Waals surface area contributed by atoms with Crippen LogP contribution in [0.3, 0.4) is 0 Å². The van der Waals surface area contributed by atoms with Gasteiger partial charge in [0.25, 0.3) is 5.69 Å². The van der Waals surface area contributed by atoms with Gasteiger partial charge in [-0.25, -0.2) is 0 Å². The van der Waals surface area contributed by atoms with Crippen LogP contribution in [0.4, 0.5) is 10.8 Å². The normalized spacial score (nSPS) is 14.7. The first-order valence-corrected chi connectivity index (χ1v) is 10.5. The van der Waals surface area contributed by atoms with E-state index < -0.39 is 10.9 Å². The Morgan fingerprint density at radius 3 is 2.85 bits per heavy atom. The van der Waals surface area contributed by atoms with Crippen molar-refractivity contribution in [2.45, 2.75) is 49.1 Å². The number of anilines is 1. The highest BCUT2D eigenvalue weighted by atomic mass is 32.2. The van der Waals surface area contributed by atoms with Gasteiger partial charge in [-0.3, -0.25) is 14.9 Å². The Morgan fingerprint density at radius 2 is 2.07 bits per heavy atom. The maximum Gasteiger partial charge on any atom is 0.316 e. The Bertz CT molecular complexity index is 793. The molecule has 1 saturated carbocycles. The van der Waals surface area contributed by atoms with Crippen LogP contribution in [0.2, 0.25) is 0 Å². The van der Waals surface area contributed by atoms with E-state index in [-0.39, 0.29) is 18.0 Å². The topological polar surface area (TPSA) is 107 Å². The number of aromatic nitrogens is 2. The van der Waals surface area contributed by atoms with Crippen molar-refractivity contribution in [1.82, 2.24) is 10.2 Å². The van der Waals surface area contributed by atoms with Gasteiger partial charge in [0.15, 0.2) is 4.34 Å². The van der Waals surface area contributed by atoms with Crippen molar-refractivity contribution in [3.8, 4) is 0 Å². The lowest BCUT2D eigenvalue weighted by molar-refractivity contribution is -0.385. The zero-order valence-electron chi connectivity index (χ0n) is 14.6.